The van der Waals surface area contributed by atoms with Gasteiger partial charge in [0, 0.05) is 32.7 Å². The average Bonchev–Trinajstić information content (AvgIpc) is 3.34. The van der Waals surface area contributed by atoms with Crippen molar-refractivity contribution in [3.63, 3.8) is 0 Å². The number of halogens is 1. The van der Waals surface area contributed by atoms with Crippen molar-refractivity contribution in [1.29, 1.82) is 0 Å². The van der Waals surface area contributed by atoms with Crippen LogP contribution in [0.2, 0.25) is 0 Å². The summed E-state index contributed by atoms with van der Waals surface area (Å²) < 4.78 is 2.02. The van der Waals surface area contributed by atoms with Crippen LogP contribution in [-0.4, -0.2) is 69.3 Å². The number of hydrogen-bond acceptors (Lipinski definition) is 4. The highest BCUT2D eigenvalue weighted by Crippen LogP contribution is 2.20. The van der Waals surface area contributed by atoms with E-state index in [1.54, 1.807) is 0 Å². The Bertz CT molecular complexity index is 580. The molecule has 3 rings (SSSR count). The Balaban J connectivity index is 0.00000243. The summed E-state index contributed by atoms with van der Waals surface area (Å²) in [5, 5.41) is 11.9. The number of nitrogens with one attached hydrogen (secondary N) is 1. The molecule has 7 nitrogen and oxygen atoms in total. The van der Waals surface area contributed by atoms with Crippen molar-refractivity contribution in [3.05, 3.63) is 11.6 Å². The summed E-state index contributed by atoms with van der Waals surface area (Å²) in [6, 6.07) is 0.692. The van der Waals surface area contributed by atoms with Crippen LogP contribution < -0.4 is 5.32 Å². The summed E-state index contributed by atoms with van der Waals surface area (Å²) in [4.78, 5) is 9.97. The first-order valence-corrected chi connectivity index (χ1v) is 9.81. The monoisotopic (exact) mass is 475 g/mol. The van der Waals surface area contributed by atoms with Gasteiger partial charge in [0.05, 0.1) is 0 Å². The van der Waals surface area contributed by atoms with Crippen LogP contribution in [0.25, 0.3) is 0 Å². The maximum absolute atomic E-state index is 4.87. The zero-order valence-electron chi connectivity index (χ0n) is 16.4. The van der Waals surface area contributed by atoms with Gasteiger partial charge in [0.2, 0.25) is 0 Å². The molecule has 1 N–H and O–H groups in total. The fraction of sp³-hybridized carbons (Fsp3) is 0.833. The van der Waals surface area contributed by atoms with Gasteiger partial charge >= 0.3 is 0 Å². The van der Waals surface area contributed by atoms with Gasteiger partial charge in [-0.05, 0) is 45.7 Å². The van der Waals surface area contributed by atoms with E-state index in [9.17, 15) is 0 Å². The second-order valence-electron chi connectivity index (χ2n) is 7.27. The third-order valence-corrected chi connectivity index (χ3v) is 5.49. The van der Waals surface area contributed by atoms with Crippen LogP contribution in [0.4, 0.5) is 0 Å². The molecule has 2 aliphatic rings. The van der Waals surface area contributed by atoms with E-state index in [-0.39, 0.29) is 24.0 Å². The number of likely N-dealkylation sites (tertiary alicyclic amines) is 2. The predicted octanol–water partition coefficient (Wildman–Crippen LogP) is 2.16. The second kappa shape index (κ2) is 10.4. The first-order valence-electron chi connectivity index (χ1n) is 9.81. The van der Waals surface area contributed by atoms with Crippen LogP contribution in [-0.2, 0) is 13.6 Å². The maximum atomic E-state index is 4.87. The molecule has 1 aromatic heterocycles. The van der Waals surface area contributed by atoms with Gasteiger partial charge < -0.3 is 14.8 Å². The molecule has 1 atom stereocenters. The third kappa shape index (κ3) is 5.31. The number of aromatic nitrogens is 3. The molecule has 1 unspecified atom stereocenters. The minimum atomic E-state index is 0. The summed E-state index contributed by atoms with van der Waals surface area (Å²) in [6.07, 6.45) is 6.33. The van der Waals surface area contributed by atoms with Gasteiger partial charge in [0.1, 0.15) is 12.4 Å². The van der Waals surface area contributed by atoms with Crippen molar-refractivity contribution in [2.75, 3.05) is 32.7 Å². The van der Waals surface area contributed by atoms with E-state index in [1.165, 1.54) is 45.2 Å². The van der Waals surface area contributed by atoms with Crippen LogP contribution >= 0.6 is 24.0 Å². The third-order valence-electron chi connectivity index (χ3n) is 5.49. The minimum absolute atomic E-state index is 0. The van der Waals surface area contributed by atoms with Crippen molar-refractivity contribution in [2.45, 2.75) is 58.5 Å². The van der Waals surface area contributed by atoms with E-state index in [4.69, 9.17) is 4.99 Å². The Kier molecular flexibility index (Phi) is 8.59. The lowest BCUT2D eigenvalue weighted by molar-refractivity contribution is 0.249. The number of aliphatic imine (C=N–C) groups is 1. The van der Waals surface area contributed by atoms with Crippen LogP contribution in [0.3, 0.4) is 0 Å². The molecule has 3 heterocycles. The van der Waals surface area contributed by atoms with Crippen LogP contribution in [0, 0.1) is 6.92 Å². The largest absolute Gasteiger partial charge is 0.356 e. The number of aryl methyl sites for hydroxylation is 1. The fourth-order valence-corrected chi connectivity index (χ4v) is 3.72. The van der Waals surface area contributed by atoms with E-state index >= 15 is 0 Å². The molecular formula is C18H34IN7. The summed E-state index contributed by atoms with van der Waals surface area (Å²) in [6.45, 7) is 10.5. The smallest absolute Gasteiger partial charge is 0.194 e. The van der Waals surface area contributed by atoms with Gasteiger partial charge in [-0.3, -0.25) is 4.90 Å². The first-order chi connectivity index (χ1) is 12.2. The predicted molar refractivity (Wildman–Crippen MR) is 116 cm³/mol. The van der Waals surface area contributed by atoms with Crippen molar-refractivity contribution in [3.8, 4) is 0 Å². The SMILES string of the molecule is CCCCNC(=NCc1nnc(C)n1C)N1CCC(N2CCCC2)C1.I. The molecule has 0 bridgehead atoms. The normalized spacial score (nSPS) is 21.3. The van der Waals surface area contributed by atoms with E-state index in [0.717, 1.165) is 37.2 Å². The molecular weight excluding hydrogens is 441 g/mol. The topological polar surface area (TPSA) is 61.6 Å². The molecule has 2 fully saturated rings. The van der Waals surface area contributed by atoms with Gasteiger partial charge in [-0.15, -0.1) is 34.2 Å². The Labute approximate surface area is 174 Å². The van der Waals surface area contributed by atoms with Gasteiger partial charge in [-0.2, -0.15) is 0 Å². The minimum Gasteiger partial charge on any atom is -0.356 e. The Morgan fingerprint density at radius 3 is 2.65 bits per heavy atom. The van der Waals surface area contributed by atoms with Crippen LogP contribution in [0.15, 0.2) is 4.99 Å². The molecule has 26 heavy (non-hydrogen) atoms. The van der Waals surface area contributed by atoms with Crippen molar-refractivity contribution < 1.29 is 0 Å². The Morgan fingerprint density at radius 1 is 1.23 bits per heavy atom. The molecule has 2 saturated heterocycles. The first kappa shape index (κ1) is 21.4. The summed E-state index contributed by atoms with van der Waals surface area (Å²) in [7, 11) is 2.00. The zero-order chi connectivity index (χ0) is 17.6. The zero-order valence-corrected chi connectivity index (χ0v) is 18.8. The number of rotatable bonds is 6. The summed E-state index contributed by atoms with van der Waals surface area (Å²) >= 11 is 0. The van der Waals surface area contributed by atoms with Crippen LogP contribution in [0.5, 0.6) is 0 Å². The molecule has 0 aromatic carbocycles. The Morgan fingerprint density at radius 2 is 2.00 bits per heavy atom. The standard InChI is InChI=1S/C18H33N7.HI/c1-4-5-9-19-18(20-13-17-22-21-15(2)23(17)3)25-12-8-16(14-25)24-10-6-7-11-24;/h16H,4-14H2,1-3H3,(H,19,20);1H. The highest BCUT2D eigenvalue weighted by atomic mass is 127. The van der Waals surface area contributed by atoms with E-state index in [1.807, 2.05) is 18.5 Å². The van der Waals surface area contributed by atoms with Gasteiger partial charge in [0.25, 0.3) is 0 Å². The van der Waals surface area contributed by atoms with Gasteiger partial charge in [0.15, 0.2) is 11.8 Å². The van der Waals surface area contributed by atoms with Crippen molar-refractivity contribution >= 4 is 29.9 Å². The quantitative estimate of drug-likeness (QED) is 0.296. The fourth-order valence-electron chi connectivity index (χ4n) is 3.72. The number of nitrogens with zero attached hydrogens (tertiary/aromatic N) is 6. The molecule has 2 aliphatic heterocycles. The molecule has 1 aromatic rings. The lowest BCUT2D eigenvalue weighted by atomic mass is 10.2. The molecule has 0 spiro atoms. The average molecular weight is 475 g/mol. The molecule has 0 aliphatic carbocycles. The van der Waals surface area contributed by atoms with Crippen molar-refractivity contribution in [1.82, 2.24) is 29.9 Å². The molecule has 8 heteroatoms. The second-order valence-corrected chi connectivity index (χ2v) is 7.27. The molecule has 0 saturated carbocycles. The number of unbranched alkanes of at least 4 members (excludes halogenated alkanes) is 1. The highest BCUT2D eigenvalue weighted by molar-refractivity contribution is 14.0. The number of hydrogen-bond donors (Lipinski definition) is 1. The summed E-state index contributed by atoms with van der Waals surface area (Å²) in [5.41, 5.74) is 0. The molecule has 0 radical (unpaired) electrons. The maximum Gasteiger partial charge on any atom is 0.194 e. The van der Waals surface area contributed by atoms with E-state index in [0.29, 0.717) is 12.6 Å². The Hall–Kier alpha value is -0.900. The lowest BCUT2D eigenvalue weighted by Crippen LogP contribution is -2.43. The van der Waals surface area contributed by atoms with Gasteiger partial charge in [-0.1, -0.05) is 13.3 Å². The van der Waals surface area contributed by atoms with E-state index in [2.05, 4.69) is 32.2 Å². The molecule has 0 amide bonds. The van der Waals surface area contributed by atoms with Crippen molar-refractivity contribution in [2.24, 2.45) is 12.0 Å². The molecule has 148 valence electrons. The number of guanidine groups is 1. The summed E-state index contributed by atoms with van der Waals surface area (Å²) in [5.74, 6) is 2.89. The van der Waals surface area contributed by atoms with E-state index < -0.39 is 0 Å². The lowest BCUT2D eigenvalue weighted by Gasteiger charge is -2.25. The highest BCUT2D eigenvalue weighted by Gasteiger charge is 2.30. The van der Waals surface area contributed by atoms with Crippen LogP contribution in [0.1, 0.15) is 50.7 Å². The van der Waals surface area contributed by atoms with Gasteiger partial charge in [-0.25, -0.2) is 4.99 Å².